The lowest BCUT2D eigenvalue weighted by molar-refractivity contribution is -0.119. The maximum Gasteiger partial charge on any atom is 0.230 e. The maximum atomic E-state index is 11.4. The maximum absolute atomic E-state index is 11.4. The summed E-state index contributed by atoms with van der Waals surface area (Å²) in [5.41, 5.74) is -0.214. The molecule has 0 radical (unpaired) electrons. The molecule has 0 spiro atoms. The normalized spacial score (nSPS) is 11.4. The Balaban J connectivity index is 2.38. The molecule has 1 aromatic rings. The van der Waals surface area contributed by atoms with Crippen LogP contribution in [-0.4, -0.2) is 32.1 Å². The van der Waals surface area contributed by atoms with Crippen LogP contribution < -0.4 is 11.2 Å². The van der Waals surface area contributed by atoms with Crippen LogP contribution in [0.2, 0.25) is 0 Å². The molecule has 3 N–H and O–H groups in total. The third-order valence-electron chi connectivity index (χ3n) is 1.39. The zero-order valence-corrected chi connectivity index (χ0v) is 9.84. The van der Waals surface area contributed by atoms with E-state index in [-0.39, 0.29) is 17.2 Å². The number of rotatable bonds is 3. The van der Waals surface area contributed by atoms with E-state index in [1.165, 1.54) is 22.8 Å². The van der Waals surface area contributed by atoms with Crippen molar-refractivity contribution in [1.29, 1.82) is 0 Å². The minimum Gasteiger partial charge on any atom is -0.351 e. The van der Waals surface area contributed by atoms with Crippen molar-refractivity contribution in [2.45, 2.75) is 31.5 Å². The second-order valence-corrected chi connectivity index (χ2v) is 5.05. The molecule has 0 saturated carbocycles. The van der Waals surface area contributed by atoms with Crippen LogP contribution in [0.1, 0.15) is 20.8 Å². The zero-order chi connectivity index (χ0) is 11.5. The molecule has 15 heavy (non-hydrogen) atoms. The number of nitrogens with one attached hydrogen (secondary N) is 1. The molecular weight excluding hydrogens is 214 g/mol. The van der Waals surface area contributed by atoms with E-state index in [2.05, 4.69) is 15.5 Å². The summed E-state index contributed by atoms with van der Waals surface area (Å²) in [5, 5.41) is 10.7. The van der Waals surface area contributed by atoms with Gasteiger partial charge in [0.2, 0.25) is 11.1 Å². The van der Waals surface area contributed by atoms with E-state index in [1.807, 2.05) is 20.8 Å². The third kappa shape index (κ3) is 4.20. The molecule has 0 bridgehead atoms. The van der Waals surface area contributed by atoms with Crippen molar-refractivity contribution in [3.05, 3.63) is 6.33 Å². The first kappa shape index (κ1) is 11.8. The molecule has 7 heteroatoms. The fraction of sp³-hybridized carbons (Fsp3) is 0.625. The summed E-state index contributed by atoms with van der Waals surface area (Å²) >= 11 is 1.25. The molecule has 0 saturated heterocycles. The van der Waals surface area contributed by atoms with Crippen LogP contribution in [0.4, 0.5) is 0 Å². The molecule has 0 aromatic carbocycles. The third-order valence-corrected chi connectivity index (χ3v) is 2.34. The molecule has 1 amide bonds. The highest BCUT2D eigenvalue weighted by atomic mass is 32.2. The lowest BCUT2D eigenvalue weighted by Gasteiger charge is -2.20. The van der Waals surface area contributed by atoms with Gasteiger partial charge in [0.25, 0.3) is 0 Å². The van der Waals surface area contributed by atoms with Gasteiger partial charge in [0.05, 0.1) is 5.75 Å². The highest BCUT2D eigenvalue weighted by Crippen LogP contribution is 2.12. The highest BCUT2D eigenvalue weighted by molar-refractivity contribution is 7.99. The Bertz CT molecular complexity index is 343. The predicted molar refractivity (Wildman–Crippen MR) is 58.8 cm³/mol. The number of nitrogen functional groups attached to an aromatic ring is 1. The number of thioether (sulfide) groups is 1. The number of hydrogen-bond acceptors (Lipinski definition) is 5. The van der Waals surface area contributed by atoms with Crippen LogP contribution in [0.3, 0.4) is 0 Å². The van der Waals surface area contributed by atoms with Gasteiger partial charge < -0.3 is 11.2 Å². The quantitative estimate of drug-likeness (QED) is 0.563. The fourth-order valence-electron chi connectivity index (χ4n) is 0.920. The first-order chi connectivity index (χ1) is 6.88. The molecule has 0 aliphatic heterocycles. The molecular formula is C8H15N5OS. The lowest BCUT2D eigenvalue weighted by atomic mass is 10.1. The van der Waals surface area contributed by atoms with E-state index in [1.54, 1.807) is 0 Å². The number of aromatic nitrogens is 3. The van der Waals surface area contributed by atoms with Crippen molar-refractivity contribution in [2.24, 2.45) is 0 Å². The molecule has 0 aliphatic rings. The van der Waals surface area contributed by atoms with Crippen LogP contribution in [-0.2, 0) is 4.79 Å². The lowest BCUT2D eigenvalue weighted by Crippen LogP contribution is -2.41. The Morgan fingerprint density at radius 2 is 2.33 bits per heavy atom. The molecule has 0 unspecified atom stereocenters. The van der Waals surface area contributed by atoms with Gasteiger partial charge in [-0.25, -0.2) is 4.68 Å². The van der Waals surface area contributed by atoms with Gasteiger partial charge in [0.15, 0.2) is 0 Å². The topological polar surface area (TPSA) is 85.8 Å². The Morgan fingerprint density at radius 3 is 2.80 bits per heavy atom. The largest absolute Gasteiger partial charge is 0.351 e. The van der Waals surface area contributed by atoms with Crippen molar-refractivity contribution in [3.8, 4) is 0 Å². The van der Waals surface area contributed by atoms with Gasteiger partial charge in [-0.3, -0.25) is 4.79 Å². The Kier molecular flexibility index (Phi) is 3.57. The first-order valence-electron chi connectivity index (χ1n) is 4.47. The average molecular weight is 229 g/mol. The predicted octanol–water partition coefficient (Wildman–Crippen LogP) is -0.00130. The van der Waals surface area contributed by atoms with Crippen molar-refractivity contribution >= 4 is 17.7 Å². The van der Waals surface area contributed by atoms with Crippen molar-refractivity contribution in [1.82, 2.24) is 20.2 Å². The van der Waals surface area contributed by atoms with Gasteiger partial charge in [-0.2, -0.15) is 0 Å². The average Bonchev–Trinajstić information content (AvgIpc) is 2.44. The van der Waals surface area contributed by atoms with Crippen LogP contribution in [0.15, 0.2) is 11.5 Å². The number of carbonyl (C=O) groups is 1. The van der Waals surface area contributed by atoms with E-state index >= 15 is 0 Å². The molecule has 6 nitrogen and oxygen atoms in total. The number of hydrogen-bond donors (Lipinski definition) is 2. The smallest absolute Gasteiger partial charge is 0.230 e. The van der Waals surface area contributed by atoms with Gasteiger partial charge in [0, 0.05) is 5.54 Å². The van der Waals surface area contributed by atoms with Crippen molar-refractivity contribution in [3.63, 3.8) is 0 Å². The summed E-state index contributed by atoms with van der Waals surface area (Å²) in [7, 11) is 0. The van der Waals surface area contributed by atoms with E-state index in [0.29, 0.717) is 5.16 Å². The van der Waals surface area contributed by atoms with E-state index in [0.717, 1.165) is 0 Å². The Labute approximate surface area is 92.6 Å². The van der Waals surface area contributed by atoms with Crippen LogP contribution in [0.5, 0.6) is 0 Å². The van der Waals surface area contributed by atoms with E-state index in [4.69, 9.17) is 5.84 Å². The Morgan fingerprint density at radius 1 is 1.67 bits per heavy atom. The fourth-order valence-corrected chi connectivity index (χ4v) is 1.55. The summed E-state index contributed by atoms with van der Waals surface area (Å²) in [4.78, 5) is 11.4. The van der Waals surface area contributed by atoms with Crippen LogP contribution in [0, 0.1) is 0 Å². The Hall–Kier alpha value is -1.24. The van der Waals surface area contributed by atoms with Crippen LogP contribution >= 0.6 is 11.8 Å². The molecule has 1 heterocycles. The number of nitrogens with zero attached hydrogens (tertiary/aromatic N) is 3. The van der Waals surface area contributed by atoms with E-state index < -0.39 is 0 Å². The van der Waals surface area contributed by atoms with Gasteiger partial charge >= 0.3 is 0 Å². The minimum absolute atomic E-state index is 0.0458. The minimum atomic E-state index is -0.214. The van der Waals surface area contributed by atoms with Gasteiger partial charge in [-0.05, 0) is 20.8 Å². The number of amides is 1. The second kappa shape index (κ2) is 4.52. The van der Waals surface area contributed by atoms with Gasteiger partial charge in [-0.15, -0.1) is 10.2 Å². The number of carbonyl (C=O) groups excluding carboxylic acids is 1. The second-order valence-electron chi connectivity index (χ2n) is 4.11. The summed E-state index contributed by atoms with van der Waals surface area (Å²) < 4.78 is 1.29. The van der Waals surface area contributed by atoms with E-state index in [9.17, 15) is 4.79 Å². The molecule has 0 atom stereocenters. The monoisotopic (exact) mass is 229 g/mol. The standard InChI is InChI=1S/C8H15N5OS/c1-8(2,3)11-6(14)4-15-7-12-10-5-13(7)9/h5H,4,9H2,1-3H3,(H,11,14). The zero-order valence-electron chi connectivity index (χ0n) is 9.02. The molecule has 0 aliphatic carbocycles. The highest BCUT2D eigenvalue weighted by Gasteiger charge is 2.14. The van der Waals surface area contributed by atoms with Crippen molar-refractivity contribution in [2.75, 3.05) is 11.6 Å². The summed E-state index contributed by atoms with van der Waals surface area (Å²) in [6, 6.07) is 0. The summed E-state index contributed by atoms with van der Waals surface area (Å²) in [6.45, 7) is 5.79. The van der Waals surface area contributed by atoms with Crippen molar-refractivity contribution < 1.29 is 4.79 Å². The number of nitrogens with two attached hydrogens (primary N) is 1. The van der Waals surface area contributed by atoms with Crippen LogP contribution in [0.25, 0.3) is 0 Å². The summed E-state index contributed by atoms with van der Waals surface area (Å²) in [5.74, 6) is 5.73. The first-order valence-corrected chi connectivity index (χ1v) is 5.46. The SMILES string of the molecule is CC(C)(C)NC(=O)CSc1nncn1N. The molecule has 84 valence electrons. The van der Waals surface area contributed by atoms with Gasteiger partial charge in [-0.1, -0.05) is 11.8 Å². The molecule has 1 rings (SSSR count). The molecule has 1 aromatic heterocycles. The van der Waals surface area contributed by atoms with Gasteiger partial charge in [0.1, 0.15) is 6.33 Å². The summed E-state index contributed by atoms with van der Waals surface area (Å²) in [6.07, 6.45) is 1.39. The molecule has 0 fully saturated rings.